The quantitative estimate of drug-likeness (QED) is 0.854. The highest BCUT2D eigenvalue weighted by molar-refractivity contribution is 5.90. The van der Waals surface area contributed by atoms with Gasteiger partial charge in [-0.1, -0.05) is 32.1 Å². The summed E-state index contributed by atoms with van der Waals surface area (Å²) in [5, 5.41) is 12.2. The number of hydrogen-bond acceptors (Lipinski definition) is 3. The molecule has 1 aromatic heterocycles. The molecule has 0 spiro atoms. The molecule has 4 heteroatoms. The molecular weight excluding hydrogens is 240 g/mol. The minimum atomic E-state index is -0.0650. The molecule has 1 fully saturated rings. The van der Waals surface area contributed by atoms with E-state index < -0.39 is 0 Å². The maximum atomic E-state index is 11.7. The van der Waals surface area contributed by atoms with Gasteiger partial charge in [-0.2, -0.15) is 0 Å². The molecule has 0 radical (unpaired) electrons. The first-order valence-electron chi connectivity index (χ1n) is 7.19. The summed E-state index contributed by atoms with van der Waals surface area (Å²) in [5.41, 5.74) is 0. The van der Waals surface area contributed by atoms with Crippen molar-refractivity contribution in [3.8, 4) is 5.75 Å². The monoisotopic (exact) mass is 262 g/mol. The molecule has 0 aromatic carbocycles. The summed E-state index contributed by atoms with van der Waals surface area (Å²) in [5.74, 6) is 1.02. The van der Waals surface area contributed by atoms with Crippen LogP contribution in [0.5, 0.6) is 5.75 Å². The van der Waals surface area contributed by atoms with Gasteiger partial charge in [0.05, 0.1) is 0 Å². The number of aromatic nitrogens is 1. The average molecular weight is 262 g/mol. The number of amides is 1. The van der Waals surface area contributed by atoms with Crippen molar-refractivity contribution in [2.75, 3.05) is 5.32 Å². The van der Waals surface area contributed by atoms with Gasteiger partial charge in [-0.25, -0.2) is 4.98 Å². The first kappa shape index (κ1) is 13.8. The van der Waals surface area contributed by atoms with E-state index in [4.69, 9.17) is 0 Å². The van der Waals surface area contributed by atoms with E-state index in [0.29, 0.717) is 6.42 Å². The number of pyridine rings is 1. The number of nitrogens with zero attached hydrogens (tertiary/aromatic N) is 1. The van der Waals surface area contributed by atoms with E-state index in [0.717, 1.165) is 18.8 Å². The van der Waals surface area contributed by atoms with Crippen LogP contribution in [0.25, 0.3) is 0 Å². The van der Waals surface area contributed by atoms with Crippen molar-refractivity contribution in [2.45, 2.75) is 51.4 Å². The van der Waals surface area contributed by atoms with Gasteiger partial charge >= 0.3 is 0 Å². The van der Waals surface area contributed by atoms with Gasteiger partial charge in [0.25, 0.3) is 0 Å². The molecule has 0 atom stereocenters. The van der Waals surface area contributed by atoms with Crippen LogP contribution in [0, 0.1) is 5.92 Å². The molecule has 1 aromatic rings. The van der Waals surface area contributed by atoms with Crippen molar-refractivity contribution in [3.63, 3.8) is 0 Å². The van der Waals surface area contributed by atoms with Gasteiger partial charge in [0.15, 0.2) is 11.6 Å². The van der Waals surface area contributed by atoms with Gasteiger partial charge in [0.2, 0.25) is 5.91 Å². The minimum absolute atomic E-state index is 0.0168. The summed E-state index contributed by atoms with van der Waals surface area (Å²) in [4.78, 5) is 15.7. The Kier molecular flexibility index (Phi) is 5.19. The Hall–Kier alpha value is -1.58. The highest BCUT2D eigenvalue weighted by Crippen LogP contribution is 2.27. The number of carbonyl (C=O) groups excluding carboxylic acids is 1. The van der Waals surface area contributed by atoms with Crippen molar-refractivity contribution in [2.24, 2.45) is 5.92 Å². The molecule has 1 saturated carbocycles. The van der Waals surface area contributed by atoms with Gasteiger partial charge in [-0.3, -0.25) is 4.79 Å². The van der Waals surface area contributed by atoms with E-state index >= 15 is 0 Å². The van der Waals surface area contributed by atoms with Crippen molar-refractivity contribution < 1.29 is 9.90 Å². The molecule has 1 heterocycles. The van der Waals surface area contributed by atoms with Crippen molar-refractivity contribution in [3.05, 3.63) is 18.3 Å². The number of hydrogen-bond donors (Lipinski definition) is 2. The molecule has 2 rings (SSSR count). The Balaban J connectivity index is 1.68. The van der Waals surface area contributed by atoms with Crippen LogP contribution in [0.2, 0.25) is 0 Å². The lowest BCUT2D eigenvalue weighted by Gasteiger charge is -2.21. The molecule has 0 saturated heterocycles. The normalized spacial score (nSPS) is 16.2. The summed E-state index contributed by atoms with van der Waals surface area (Å²) in [6.45, 7) is 0. The predicted molar refractivity (Wildman–Crippen MR) is 75.0 cm³/mol. The zero-order chi connectivity index (χ0) is 13.5. The maximum Gasteiger partial charge on any atom is 0.225 e. The highest BCUT2D eigenvalue weighted by atomic mass is 16.3. The molecule has 19 heavy (non-hydrogen) atoms. The zero-order valence-corrected chi connectivity index (χ0v) is 11.3. The summed E-state index contributed by atoms with van der Waals surface area (Å²) in [6, 6.07) is 3.15. The van der Waals surface area contributed by atoms with Gasteiger partial charge in [0, 0.05) is 12.6 Å². The molecule has 0 aliphatic heterocycles. The molecule has 0 bridgehead atoms. The Morgan fingerprint density at radius 3 is 2.89 bits per heavy atom. The first-order chi connectivity index (χ1) is 9.25. The van der Waals surface area contributed by atoms with Gasteiger partial charge in [-0.05, 0) is 30.9 Å². The molecule has 1 aliphatic rings. The van der Waals surface area contributed by atoms with Gasteiger partial charge in [0.1, 0.15) is 0 Å². The second-order valence-corrected chi connectivity index (χ2v) is 5.32. The standard InChI is InChI=1S/C15H22N2O2/c18-13-9-5-11-16-15(13)17-14(19)10-4-8-12-6-2-1-3-7-12/h5,9,11-12,18H,1-4,6-8,10H2,(H,16,17,19). The molecule has 2 N–H and O–H groups in total. The van der Waals surface area contributed by atoms with E-state index in [1.54, 1.807) is 12.3 Å². The summed E-state index contributed by atoms with van der Waals surface area (Å²) in [7, 11) is 0. The van der Waals surface area contributed by atoms with Gasteiger partial charge < -0.3 is 10.4 Å². The van der Waals surface area contributed by atoms with Crippen molar-refractivity contribution >= 4 is 11.7 Å². The van der Waals surface area contributed by atoms with Crippen LogP contribution in [0.3, 0.4) is 0 Å². The molecule has 4 nitrogen and oxygen atoms in total. The van der Waals surface area contributed by atoms with Crippen molar-refractivity contribution in [1.29, 1.82) is 0 Å². The maximum absolute atomic E-state index is 11.7. The van der Waals surface area contributed by atoms with Crippen LogP contribution >= 0.6 is 0 Å². The Labute approximate surface area is 114 Å². The lowest BCUT2D eigenvalue weighted by Crippen LogP contribution is -2.13. The van der Waals surface area contributed by atoms with Crippen molar-refractivity contribution in [1.82, 2.24) is 4.98 Å². The predicted octanol–water partition coefficient (Wildman–Crippen LogP) is 3.48. The molecular formula is C15H22N2O2. The lowest BCUT2D eigenvalue weighted by atomic mass is 9.86. The van der Waals surface area contributed by atoms with E-state index in [-0.39, 0.29) is 17.5 Å². The third-order valence-electron chi connectivity index (χ3n) is 3.79. The molecule has 1 amide bonds. The third kappa shape index (κ3) is 4.54. The number of anilines is 1. The summed E-state index contributed by atoms with van der Waals surface area (Å²) < 4.78 is 0. The molecule has 104 valence electrons. The number of aromatic hydroxyl groups is 1. The molecule has 1 aliphatic carbocycles. The van der Waals surface area contributed by atoms with E-state index in [1.807, 2.05) is 0 Å². The number of rotatable bonds is 5. The first-order valence-corrected chi connectivity index (χ1v) is 7.19. The van der Waals surface area contributed by atoms with E-state index in [2.05, 4.69) is 10.3 Å². The minimum Gasteiger partial charge on any atom is -0.504 e. The largest absolute Gasteiger partial charge is 0.504 e. The SMILES string of the molecule is O=C(CCCC1CCCCC1)Nc1ncccc1O. The van der Waals surface area contributed by atoms with E-state index in [1.165, 1.54) is 38.2 Å². The second-order valence-electron chi connectivity index (χ2n) is 5.32. The fourth-order valence-electron chi connectivity index (χ4n) is 2.71. The highest BCUT2D eigenvalue weighted by Gasteiger charge is 2.14. The smallest absolute Gasteiger partial charge is 0.225 e. The average Bonchev–Trinajstić information content (AvgIpc) is 2.43. The van der Waals surface area contributed by atoms with Gasteiger partial charge in [-0.15, -0.1) is 0 Å². The Bertz CT molecular complexity index is 414. The van der Waals surface area contributed by atoms with Crippen LogP contribution in [0.1, 0.15) is 51.4 Å². The summed E-state index contributed by atoms with van der Waals surface area (Å²) >= 11 is 0. The Morgan fingerprint density at radius 1 is 1.37 bits per heavy atom. The zero-order valence-electron chi connectivity index (χ0n) is 11.3. The van der Waals surface area contributed by atoms with Crippen LogP contribution in [-0.4, -0.2) is 16.0 Å². The third-order valence-corrected chi connectivity index (χ3v) is 3.79. The Morgan fingerprint density at radius 2 is 2.16 bits per heavy atom. The fraction of sp³-hybridized carbons (Fsp3) is 0.600. The van der Waals surface area contributed by atoms with Crippen LogP contribution in [0.15, 0.2) is 18.3 Å². The number of carbonyl (C=O) groups is 1. The lowest BCUT2D eigenvalue weighted by molar-refractivity contribution is -0.116. The summed E-state index contributed by atoms with van der Waals surface area (Å²) in [6.07, 6.45) is 10.8. The van der Waals surface area contributed by atoms with E-state index in [9.17, 15) is 9.90 Å². The molecule has 0 unspecified atom stereocenters. The number of nitrogens with one attached hydrogen (secondary N) is 1. The van der Waals surface area contributed by atoms with Crippen LogP contribution in [0.4, 0.5) is 5.82 Å². The fourth-order valence-corrected chi connectivity index (χ4v) is 2.71. The van der Waals surface area contributed by atoms with Crippen LogP contribution in [-0.2, 0) is 4.79 Å². The second kappa shape index (κ2) is 7.12. The topological polar surface area (TPSA) is 62.2 Å². The van der Waals surface area contributed by atoms with Crippen LogP contribution < -0.4 is 5.32 Å².